The number of benzene rings is 1. The molecule has 0 spiro atoms. The first-order valence-corrected chi connectivity index (χ1v) is 6.96. The summed E-state index contributed by atoms with van der Waals surface area (Å²) in [4.78, 5) is 0. The molecule has 2 nitrogen and oxygen atoms in total. The summed E-state index contributed by atoms with van der Waals surface area (Å²) in [6.45, 7) is 3.08. The average molecular weight is 298 g/mol. The van der Waals surface area contributed by atoms with Gasteiger partial charge >= 0.3 is 0 Å². The number of rotatable bonds is 3. The van der Waals surface area contributed by atoms with E-state index in [9.17, 15) is 0 Å². The molecular weight excluding hydrogens is 278 g/mol. The van der Waals surface area contributed by atoms with E-state index in [1.807, 2.05) is 7.05 Å². The summed E-state index contributed by atoms with van der Waals surface area (Å²) >= 11 is 3.46. The van der Waals surface area contributed by atoms with Gasteiger partial charge in [0, 0.05) is 23.5 Å². The maximum Gasteiger partial charge on any atom is 0.0709 e. The van der Waals surface area contributed by atoms with Crippen molar-refractivity contribution in [2.24, 2.45) is 0 Å². The van der Waals surface area contributed by atoms with Gasteiger partial charge in [0.25, 0.3) is 0 Å². The van der Waals surface area contributed by atoms with E-state index in [0.29, 0.717) is 6.04 Å². The van der Waals surface area contributed by atoms with Crippen molar-refractivity contribution in [1.29, 1.82) is 0 Å². The molecule has 0 saturated carbocycles. The number of ether oxygens (including phenoxy) is 1. The lowest BCUT2D eigenvalue weighted by atomic mass is 9.86. The van der Waals surface area contributed by atoms with Gasteiger partial charge in [0.05, 0.1) is 5.60 Å². The van der Waals surface area contributed by atoms with Gasteiger partial charge in [0.1, 0.15) is 0 Å². The fraction of sp³-hybridized carbons (Fsp3) is 0.571. The maximum absolute atomic E-state index is 5.98. The lowest BCUT2D eigenvalue weighted by Crippen LogP contribution is -2.45. The van der Waals surface area contributed by atoms with Gasteiger partial charge in [-0.3, -0.25) is 0 Å². The Bertz CT molecular complexity index is 365. The van der Waals surface area contributed by atoms with Crippen molar-refractivity contribution in [3.8, 4) is 0 Å². The second-order valence-electron chi connectivity index (χ2n) is 5.08. The molecule has 0 amide bonds. The van der Waals surface area contributed by atoms with Gasteiger partial charge in [-0.05, 0) is 44.5 Å². The highest BCUT2D eigenvalue weighted by Crippen LogP contribution is 2.28. The van der Waals surface area contributed by atoms with Crippen molar-refractivity contribution in [2.75, 3.05) is 13.7 Å². The third kappa shape index (κ3) is 3.54. The van der Waals surface area contributed by atoms with E-state index in [1.165, 1.54) is 5.56 Å². The first-order chi connectivity index (χ1) is 8.11. The number of halogens is 1. The lowest BCUT2D eigenvalue weighted by Gasteiger charge is -2.38. The topological polar surface area (TPSA) is 21.3 Å². The van der Waals surface area contributed by atoms with Crippen LogP contribution in [0.4, 0.5) is 0 Å². The monoisotopic (exact) mass is 297 g/mol. The van der Waals surface area contributed by atoms with Crippen molar-refractivity contribution >= 4 is 15.9 Å². The van der Waals surface area contributed by atoms with Gasteiger partial charge in [0.15, 0.2) is 0 Å². The summed E-state index contributed by atoms with van der Waals surface area (Å²) in [7, 11) is 2.04. The Kier molecular flexibility index (Phi) is 4.23. The van der Waals surface area contributed by atoms with Crippen LogP contribution >= 0.6 is 15.9 Å². The zero-order chi connectivity index (χ0) is 12.3. The molecule has 1 N–H and O–H groups in total. The van der Waals surface area contributed by atoms with Crippen molar-refractivity contribution < 1.29 is 4.74 Å². The van der Waals surface area contributed by atoms with E-state index in [0.717, 1.165) is 30.3 Å². The minimum atomic E-state index is -0.0280. The Hall–Kier alpha value is -0.380. The minimum Gasteiger partial charge on any atom is -0.375 e. The van der Waals surface area contributed by atoms with Crippen molar-refractivity contribution in [3.63, 3.8) is 0 Å². The lowest BCUT2D eigenvalue weighted by molar-refractivity contribution is -0.0744. The molecule has 0 bridgehead atoms. The van der Waals surface area contributed by atoms with E-state index in [-0.39, 0.29) is 5.60 Å². The predicted molar refractivity (Wildman–Crippen MR) is 74.3 cm³/mol. The molecule has 1 aromatic rings. The third-order valence-corrected chi connectivity index (χ3v) is 4.02. The van der Waals surface area contributed by atoms with Crippen LogP contribution in [0.25, 0.3) is 0 Å². The molecule has 0 aromatic heterocycles. The van der Waals surface area contributed by atoms with Crippen LogP contribution in [0.2, 0.25) is 0 Å². The highest BCUT2D eigenvalue weighted by molar-refractivity contribution is 9.10. The molecule has 1 aliphatic heterocycles. The minimum absolute atomic E-state index is 0.0280. The van der Waals surface area contributed by atoms with E-state index in [4.69, 9.17) is 4.74 Å². The number of nitrogens with one attached hydrogen (secondary N) is 1. The summed E-state index contributed by atoms with van der Waals surface area (Å²) in [5.74, 6) is 0. The Labute approximate surface area is 112 Å². The molecule has 3 heteroatoms. The molecule has 1 saturated heterocycles. The highest BCUT2D eigenvalue weighted by atomic mass is 79.9. The standard InChI is InChI=1S/C14H20BrNO/c1-14(10-13(16-2)7-8-17-14)9-11-3-5-12(15)6-4-11/h3-6,13,16H,7-10H2,1-2H3. The number of hydrogen-bond acceptors (Lipinski definition) is 2. The van der Waals surface area contributed by atoms with E-state index in [1.54, 1.807) is 0 Å². The summed E-state index contributed by atoms with van der Waals surface area (Å²) in [5.41, 5.74) is 1.31. The molecule has 0 aliphatic carbocycles. The van der Waals surface area contributed by atoms with Crippen molar-refractivity contribution in [3.05, 3.63) is 34.3 Å². The van der Waals surface area contributed by atoms with Gasteiger partial charge < -0.3 is 10.1 Å². The second kappa shape index (κ2) is 5.51. The molecule has 94 valence electrons. The Morgan fingerprint density at radius 2 is 2.12 bits per heavy atom. The molecule has 17 heavy (non-hydrogen) atoms. The summed E-state index contributed by atoms with van der Waals surface area (Å²) in [6, 6.07) is 9.11. The zero-order valence-electron chi connectivity index (χ0n) is 10.5. The fourth-order valence-corrected chi connectivity index (χ4v) is 2.80. The van der Waals surface area contributed by atoms with Gasteiger partial charge in [-0.2, -0.15) is 0 Å². The van der Waals surface area contributed by atoms with Crippen LogP contribution in [0.5, 0.6) is 0 Å². The maximum atomic E-state index is 5.98. The molecule has 2 atom stereocenters. The molecule has 1 aliphatic rings. The second-order valence-corrected chi connectivity index (χ2v) is 6.00. The number of hydrogen-bond donors (Lipinski definition) is 1. The molecular formula is C14H20BrNO. The van der Waals surface area contributed by atoms with Gasteiger partial charge in [-0.25, -0.2) is 0 Å². The van der Waals surface area contributed by atoms with Crippen molar-refractivity contribution in [1.82, 2.24) is 5.32 Å². The smallest absolute Gasteiger partial charge is 0.0709 e. The van der Waals surface area contributed by atoms with Crippen LogP contribution in [0.1, 0.15) is 25.3 Å². The summed E-state index contributed by atoms with van der Waals surface area (Å²) < 4.78 is 7.11. The van der Waals surface area contributed by atoms with Gasteiger partial charge in [0.2, 0.25) is 0 Å². The van der Waals surface area contributed by atoms with Crippen LogP contribution < -0.4 is 5.32 Å². The Morgan fingerprint density at radius 3 is 2.76 bits per heavy atom. The van der Waals surface area contributed by atoms with Crippen LogP contribution in [0, 0.1) is 0 Å². The molecule has 1 aromatic carbocycles. The normalized spacial score (nSPS) is 29.2. The summed E-state index contributed by atoms with van der Waals surface area (Å²) in [6.07, 6.45) is 3.18. The summed E-state index contributed by atoms with van der Waals surface area (Å²) in [5, 5.41) is 3.37. The Balaban J connectivity index is 2.03. The van der Waals surface area contributed by atoms with Crippen LogP contribution in [0.3, 0.4) is 0 Å². The van der Waals surface area contributed by atoms with E-state index in [2.05, 4.69) is 52.4 Å². The van der Waals surface area contributed by atoms with E-state index >= 15 is 0 Å². The van der Waals surface area contributed by atoms with Crippen LogP contribution in [0.15, 0.2) is 28.7 Å². The van der Waals surface area contributed by atoms with Crippen molar-refractivity contribution in [2.45, 2.75) is 37.8 Å². The quantitative estimate of drug-likeness (QED) is 0.925. The fourth-order valence-electron chi connectivity index (χ4n) is 2.53. The highest BCUT2D eigenvalue weighted by Gasteiger charge is 2.32. The zero-order valence-corrected chi connectivity index (χ0v) is 12.1. The SMILES string of the molecule is CNC1CCOC(C)(Cc2ccc(Br)cc2)C1. The van der Waals surface area contributed by atoms with Crippen LogP contribution in [-0.4, -0.2) is 25.3 Å². The molecule has 0 radical (unpaired) electrons. The molecule has 2 unspecified atom stereocenters. The van der Waals surface area contributed by atoms with E-state index < -0.39 is 0 Å². The van der Waals surface area contributed by atoms with Gasteiger partial charge in [-0.15, -0.1) is 0 Å². The van der Waals surface area contributed by atoms with Crippen LogP contribution in [-0.2, 0) is 11.2 Å². The Morgan fingerprint density at radius 1 is 1.41 bits per heavy atom. The first-order valence-electron chi connectivity index (χ1n) is 6.17. The molecule has 2 rings (SSSR count). The molecule has 1 fully saturated rings. The predicted octanol–water partition coefficient (Wildman–Crippen LogP) is 3.15. The first kappa shape index (κ1) is 13.1. The third-order valence-electron chi connectivity index (χ3n) is 3.49. The molecule has 1 heterocycles. The average Bonchev–Trinajstić information content (AvgIpc) is 2.32. The van der Waals surface area contributed by atoms with Gasteiger partial charge in [-0.1, -0.05) is 28.1 Å². The largest absolute Gasteiger partial charge is 0.375 e.